The number of nitro groups is 2. The quantitative estimate of drug-likeness (QED) is 0.424. The average molecular weight is 339 g/mol. The van der Waals surface area contributed by atoms with Gasteiger partial charge in [-0.05, 0) is 16.8 Å². The van der Waals surface area contributed by atoms with Gasteiger partial charge in [0.05, 0.1) is 15.4 Å². The van der Waals surface area contributed by atoms with Gasteiger partial charge in [0.25, 0.3) is 11.4 Å². The molecule has 0 radical (unpaired) electrons. The molecule has 25 heavy (non-hydrogen) atoms. The minimum Gasteiger partial charge on any atom is -0.505 e. The Balaban J connectivity index is 2.65. The lowest BCUT2D eigenvalue weighted by Gasteiger charge is -2.11. The van der Waals surface area contributed by atoms with Crippen molar-refractivity contribution in [2.24, 2.45) is 5.18 Å². The lowest BCUT2D eigenvalue weighted by atomic mass is 9.94. The summed E-state index contributed by atoms with van der Waals surface area (Å²) >= 11 is 0. The van der Waals surface area contributed by atoms with Crippen molar-refractivity contribution >= 4 is 27.8 Å². The van der Waals surface area contributed by atoms with Crippen LogP contribution < -0.4 is 0 Å². The van der Waals surface area contributed by atoms with Gasteiger partial charge < -0.3 is 5.11 Å². The van der Waals surface area contributed by atoms with Gasteiger partial charge in [0.1, 0.15) is 5.39 Å². The molecular weight excluding hydrogens is 330 g/mol. The van der Waals surface area contributed by atoms with E-state index < -0.39 is 32.7 Å². The third kappa shape index (κ3) is 2.43. The number of nitro benzene ring substituents is 2. The highest BCUT2D eigenvalue weighted by atomic mass is 16.6. The molecular formula is C16H9N3O6. The number of rotatable bonds is 4. The minimum absolute atomic E-state index is 0.185. The molecule has 3 aromatic carbocycles. The highest BCUT2D eigenvalue weighted by molar-refractivity contribution is 6.11. The van der Waals surface area contributed by atoms with Crippen LogP contribution in [-0.4, -0.2) is 15.0 Å². The first-order valence-electron chi connectivity index (χ1n) is 6.96. The van der Waals surface area contributed by atoms with E-state index in [9.17, 15) is 30.2 Å². The molecule has 0 atom stereocenters. The molecule has 9 heteroatoms. The molecule has 0 heterocycles. The van der Waals surface area contributed by atoms with E-state index >= 15 is 0 Å². The highest BCUT2D eigenvalue weighted by Gasteiger charge is 2.33. The molecule has 0 bridgehead atoms. The fourth-order valence-electron chi connectivity index (χ4n) is 2.77. The van der Waals surface area contributed by atoms with Crippen LogP contribution in [0.4, 0.5) is 17.1 Å². The van der Waals surface area contributed by atoms with Crippen molar-refractivity contribution < 1.29 is 15.0 Å². The van der Waals surface area contributed by atoms with Crippen LogP contribution in [0, 0.1) is 25.1 Å². The molecule has 0 amide bonds. The largest absolute Gasteiger partial charge is 0.505 e. The van der Waals surface area contributed by atoms with Gasteiger partial charge in [0, 0.05) is 11.5 Å². The molecule has 0 aliphatic rings. The van der Waals surface area contributed by atoms with Gasteiger partial charge in [-0.2, -0.15) is 0 Å². The predicted molar refractivity (Wildman–Crippen MR) is 89.8 cm³/mol. The van der Waals surface area contributed by atoms with Crippen LogP contribution in [0.3, 0.4) is 0 Å². The summed E-state index contributed by atoms with van der Waals surface area (Å²) in [4.78, 5) is 32.7. The first-order chi connectivity index (χ1) is 12.0. The fourth-order valence-corrected chi connectivity index (χ4v) is 2.77. The summed E-state index contributed by atoms with van der Waals surface area (Å²) in [5.74, 6) is -0.641. The summed E-state index contributed by atoms with van der Waals surface area (Å²) in [6, 6.07) is 11.4. The molecule has 3 rings (SSSR count). The van der Waals surface area contributed by atoms with Crippen LogP contribution in [0.1, 0.15) is 0 Å². The zero-order valence-electron chi connectivity index (χ0n) is 12.4. The Kier molecular flexibility index (Phi) is 3.82. The molecule has 124 valence electrons. The van der Waals surface area contributed by atoms with Gasteiger partial charge >= 0.3 is 0 Å². The Labute approximate surface area is 139 Å². The second kappa shape index (κ2) is 5.96. The van der Waals surface area contributed by atoms with E-state index in [2.05, 4.69) is 5.18 Å². The summed E-state index contributed by atoms with van der Waals surface area (Å²) in [5, 5.41) is 35.6. The van der Waals surface area contributed by atoms with E-state index in [0.29, 0.717) is 0 Å². The Hall–Kier alpha value is -3.88. The van der Waals surface area contributed by atoms with E-state index in [4.69, 9.17) is 0 Å². The molecule has 0 unspecified atom stereocenters. The number of nitroso groups, excluding NO2 is 1. The summed E-state index contributed by atoms with van der Waals surface area (Å²) < 4.78 is 0. The molecule has 0 fully saturated rings. The molecule has 0 saturated heterocycles. The maximum Gasteiger partial charge on any atom is 0.294 e. The summed E-state index contributed by atoms with van der Waals surface area (Å²) in [7, 11) is 0. The summed E-state index contributed by atoms with van der Waals surface area (Å²) in [6.07, 6.45) is 0. The fraction of sp³-hybridized carbons (Fsp3) is 0. The number of nitrogens with zero attached hydrogens (tertiary/aromatic N) is 3. The van der Waals surface area contributed by atoms with Crippen LogP contribution in [0.5, 0.6) is 5.75 Å². The summed E-state index contributed by atoms with van der Waals surface area (Å²) in [6.45, 7) is 0. The first-order valence-corrected chi connectivity index (χ1v) is 6.96. The number of hydrogen-bond acceptors (Lipinski definition) is 7. The molecule has 0 spiro atoms. The van der Waals surface area contributed by atoms with Crippen molar-refractivity contribution in [1.82, 2.24) is 0 Å². The van der Waals surface area contributed by atoms with Gasteiger partial charge in [0.15, 0.2) is 11.4 Å². The lowest BCUT2D eigenvalue weighted by molar-refractivity contribution is -0.389. The van der Waals surface area contributed by atoms with Crippen LogP contribution in [-0.2, 0) is 0 Å². The number of phenols is 1. The third-order valence-electron chi connectivity index (χ3n) is 3.77. The smallest absolute Gasteiger partial charge is 0.294 e. The molecule has 0 aromatic heterocycles. The monoisotopic (exact) mass is 339 g/mol. The number of hydrogen-bond donors (Lipinski definition) is 1. The van der Waals surface area contributed by atoms with Crippen LogP contribution in [0.25, 0.3) is 21.9 Å². The topological polar surface area (TPSA) is 136 Å². The number of aromatic hydroxyl groups is 1. The molecule has 0 aliphatic carbocycles. The molecule has 3 aromatic rings. The van der Waals surface area contributed by atoms with E-state index in [1.54, 1.807) is 18.2 Å². The minimum atomic E-state index is -0.814. The van der Waals surface area contributed by atoms with Gasteiger partial charge in [-0.1, -0.05) is 36.4 Å². The molecule has 0 aliphatic heterocycles. The van der Waals surface area contributed by atoms with E-state index in [1.165, 1.54) is 24.3 Å². The van der Waals surface area contributed by atoms with Crippen LogP contribution in [0.2, 0.25) is 0 Å². The zero-order valence-corrected chi connectivity index (χ0v) is 12.4. The standard InChI is InChI=1S/C16H9N3O6/c20-16-10-7-4-8-11(18(22)23)13(10)15(19(24)25)12(14(16)17-21)9-5-2-1-3-6-9/h1-8,20H. The van der Waals surface area contributed by atoms with E-state index in [1.807, 2.05) is 0 Å². The van der Waals surface area contributed by atoms with Crippen molar-refractivity contribution in [3.8, 4) is 16.9 Å². The number of phenolic OH excluding ortho intramolecular Hbond substituents is 1. The Bertz CT molecular complexity index is 1030. The molecule has 9 nitrogen and oxygen atoms in total. The zero-order chi connectivity index (χ0) is 18.1. The van der Waals surface area contributed by atoms with Gasteiger partial charge in [-0.25, -0.2) is 0 Å². The summed E-state index contributed by atoms with van der Waals surface area (Å²) in [5.41, 5.74) is -1.76. The number of non-ortho nitro benzene ring substituents is 1. The van der Waals surface area contributed by atoms with Crippen LogP contribution in [0.15, 0.2) is 53.7 Å². The second-order valence-corrected chi connectivity index (χ2v) is 5.09. The van der Waals surface area contributed by atoms with Gasteiger partial charge in [0.2, 0.25) is 0 Å². The SMILES string of the molecule is O=Nc1c(-c2ccccc2)c([N+](=O)[O-])c2c([N+](=O)[O-])cccc2c1O. The normalized spacial score (nSPS) is 10.6. The van der Waals surface area contributed by atoms with E-state index in [0.717, 1.165) is 6.07 Å². The third-order valence-corrected chi connectivity index (χ3v) is 3.77. The van der Waals surface area contributed by atoms with Crippen molar-refractivity contribution in [1.29, 1.82) is 0 Å². The molecule has 0 saturated carbocycles. The van der Waals surface area contributed by atoms with Gasteiger partial charge in [-0.15, -0.1) is 4.91 Å². The van der Waals surface area contributed by atoms with Crippen molar-refractivity contribution in [2.75, 3.05) is 0 Å². The lowest BCUT2D eigenvalue weighted by Crippen LogP contribution is -1.98. The predicted octanol–water partition coefficient (Wildman–Crippen LogP) is 4.43. The maximum absolute atomic E-state index is 11.7. The Morgan fingerprint density at radius 1 is 0.920 bits per heavy atom. The number of benzene rings is 3. The van der Waals surface area contributed by atoms with Gasteiger partial charge in [-0.3, -0.25) is 20.2 Å². The number of fused-ring (bicyclic) bond motifs is 1. The molecule has 1 N–H and O–H groups in total. The van der Waals surface area contributed by atoms with Crippen molar-refractivity contribution in [3.63, 3.8) is 0 Å². The Morgan fingerprint density at radius 2 is 1.60 bits per heavy atom. The highest BCUT2D eigenvalue weighted by Crippen LogP contribution is 2.51. The average Bonchev–Trinajstić information content (AvgIpc) is 2.61. The first kappa shape index (κ1) is 16.0. The Morgan fingerprint density at radius 3 is 2.16 bits per heavy atom. The van der Waals surface area contributed by atoms with E-state index in [-0.39, 0.29) is 21.9 Å². The van der Waals surface area contributed by atoms with Crippen LogP contribution >= 0.6 is 0 Å². The van der Waals surface area contributed by atoms with Crippen molar-refractivity contribution in [3.05, 3.63) is 73.7 Å². The maximum atomic E-state index is 11.7. The van der Waals surface area contributed by atoms with Crippen molar-refractivity contribution in [2.45, 2.75) is 0 Å². The second-order valence-electron chi connectivity index (χ2n) is 5.09.